The molecule has 0 aliphatic carbocycles. The van der Waals surface area contributed by atoms with Gasteiger partial charge in [0.1, 0.15) is 18.2 Å². The molecule has 152 valence electrons. The van der Waals surface area contributed by atoms with E-state index in [0.29, 0.717) is 23.3 Å². The van der Waals surface area contributed by atoms with Crippen LogP contribution in [0.25, 0.3) is 0 Å². The molecule has 3 aromatic rings. The number of aryl methyl sites for hydroxylation is 2. The zero-order chi connectivity index (χ0) is 20.8. The third-order valence-electron chi connectivity index (χ3n) is 4.29. The molecule has 0 saturated carbocycles. The molecular formula is C21H23FN4O2S. The number of nitrogens with one attached hydrogen (secondary N) is 1. The molecule has 0 aliphatic heterocycles. The van der Waals surface area contributed by atoms with Gasteiger partial charge in [-0.3, -0.25) is 4.79 Å². The van der Waals surface area contributed by atoms with Crippen LogP contribution < -0.4 is 10.1 Å². The van der Waals surface area contributed by atoms with Gasteiger partial charge in [0.15, 0.2) is 11.0 Å². The van der Waals surface area contributed by atoms with Crippen molar-refractivity contribution < 1.29 is 13.9 Å². The third-order valence-corrected chi connectivity index (χ3v) is 5.26. The van der Waals surface area contributed by atoms with Crippen molar-refractivity contribution in [3.05, 3.63) is 65.2 Å². The summed E-state index contributed by atoms with van der Waals surface area (Å²) in [6.07, 6.45) is 0. The van der Waals surface area contributed by atoms with Gasteiger partial charge in [0, 0.05) is 12.2 Å². The van der Waals surface area contributed by atoms with E-state index in [1.54, 1.807) is 12.1 Å². The molecule has 0 atom stereocenters. The number of aromatic nitrogens is 3. The molecule has 1 heterocycles. The number of carbonyl (C=O) groups excluding carboxylic acids is 1. The summed E-state index contributed by atoms with van der Waals surface area (Å²) in [5, 5.41) is 11.9. The molecule has 0 fully saturated rings. The van der Waals surface area contributed by atoms with Crippen molar-refractivity contribution in [3.8, 4) is 5.75 Å². The Labute approximate surface area is 173 Å². The van der Waals surface area contributed by atoms with Crippen molar-refractivity contribution in [3.63, 3.8) is 0 Å². The normalized spacial score (nSPS) is 10.8. The summed E-state index contributed by atoms with van der Waals surface area (Å²) in [6, 6.07) is 11.8. The van der Waals surface area contributed by atoms with Gasteiger partial charge in [0.2, 0.25) is 5.91 Å². The first-order chi connectivity index (χ1) is 14.0. The Hall–Kier alpha value is -2.87. The standard InChI is InChI=1S/C21H23FN4O2S/c1-4-26-19(12-28-17-9-7-16(22)8-10-17)24-25-21(26)29-13-20(27)23-18-11-14(2)5-6-15(18)3/h5-11H,4,12-13H2,1-3H3,(H,23,27). The maximum atomic E-state index is 13.0. The fourth-order valence-corrected chi connectivity index (χ4v) is 3.54. The smallest absolute Gasteiger partial charge is 0.234 e. The van der Waals surface area contributed by atoms with Crippen molar-refractivity contribution in [1.82, 2.24) is 14.8 Å². The number of amides is 1. The molecule has 6 nitrogen and oxygen atoms in total. The lowest BCUT2D eigenvalue weighted by atomic mass is 10.1. The van der Waals surface area contributed by atoms with Crippen LogP contribution in [0.1, 0.15) is 23.9 Å². The highest BCUT2D eigenvalue weighted by Gasteiger charge is 2.14. The Morgan fingerprint density at radius 3 is 2.66 bits per heavy atom. The quantitative estimate of drug-likeness (QED) is 0.555. The Balaban J connectivity index is 1.58. The van der Waals surface area contributed by atoms with E-state index >= 15 is 0 Å². The highest BCUT2D eigenvalue weighted by Crippen LogP contribution is 2.21. The highest BCUT2D eigenvalue weighted by molar-refractivity contribution is 7.99. The first kappa shape index (κ1) is 20.9. The van der Waals surface area contributed by atoms with Gasteiger partial charge in [-0.15, -0.1) is 10.2 Å². The van der Waals surface area contributed by atoms with Gasteiger partial charge in [-0.05, 0) is 62.2 Å². The molecule has 1 aromatic heterocycles. The molecule has 1 N–H and O–H groups in total. The largest absolute Gasteiger partial charge is 0.486 e. The maximum Gasteiger partial charge on any atom is 0.234 e. The van der Waals surface area contributed by atoms with Crippen LogP contribution in [0.15, 0.2) is 47.6 Å². The molecule has 0 bridgehead atoms. The van der Waals surface area contributed by atoms with Crippen molar-refractivity contribution >= 4 is 23.4 Å². The molecule has 1 amide bonds. The fourth-order valence-electron chi connectivity index (χ4n) is 2.72. The van der Waals surface area contributed by atoms with E-state index < -0.39 is 0 Å². The number of halogens is 1. The van der Waals surface area contributed by atoms with E-state index in [1.165, 1.54) is 23.9 Å². The third kappa shape index (κ3) is 5.57. The Bertz CT molecular complexity index is 989. The number of carbonyl (C=O) groups is 1. The van der Waals surface area contributed by atoms with Crippen LogP contribution in [-0.4, -0.2) is 26.4 Å². The van der Waals surface area contributed by atoms with Crippen molar-refractivity contribution in [2.75, 3.05) is 11.1 Å². The lowest BCUT2D eigenvalue weighted by Crippen LogP contribution is -2.15. The van der Waals surface area contributed by atoms with Crippen LogP contribution >= 0.6 is 11.8 Å². The number of ether oxygens (including phenoxy) is 1. The molecule has 0 saturated heterocycles. The van der Waals surface area contributed by atoms with Gasteiger partial charge < -0.3 is 14.6 Å². The molecule has 29 heavy (non-hydrogen) atoms. The Morgan fingerprint density at radius 1 is 1.17 bits per heavy atom. The fraction of sp³-hybridized carbons (Fsp3) is 0.286. The van der Waals surface area contributed by atoms with Crippen LogP contribution in [0.3, 0.4) is 0 Å². The summed E-state index contributed by atoms with van der Waals surface area (Å²) in [4.78, 5) is 12.3. The van der Waals surface area contributed by atoms with Crippen LogP contribution in [0.4, 0.5) is 10.1 Å². The Morgan fingerprint density at radius 2 is 1.93 bits per heavy atom. The lowest BCUT2D eigenvalue weighted by molar-refractivity contribution is -0.113. The number of anilines is 1. The zero-order valence-electron chi connectivity index (χ0n) is 16.6. The first-order valence-corrected chi connectivity index (χ1v) is 10.2. The van der Waals surface area contributed by atoms with Crippen LogP contribution in [-0.2, 0) is 17.9 Å². The number of nitrogens with zero attached hydrogens (tertiary/aromatic N) is 3. The highest BCUT2D eigenvalue weighted by atomic mass is 32.2. The Kier molecular flexibility index (Phi) is 6.87. The van der Waals surface area contributed by atoms with Crippen LogP contribution in [0, 0.1) is 19.7 Å². The average Bonchev–Trinajstić information content (AvgIpc) is 3.10. The minimum Gasteiger partial charge on any atom is -0.486 e. The average molecular weight is 415 g/mol. The predicted octanol–water partition coefficient (Wildman–Crippen LogP) is 4.36. The molecule has 0 spiro atoms. The van der Waals surface area contributed by atoms with Gasteiger partial charge in [0.05, 0.1) is 5.75 Å². The van der Waals surface area contributed by atoms with Gasteiger partial charge in [-0.25, -0.2) is 4.39 Å². The van der Waals surface area contributed by atoms with E-state index in [9.17, 15) is 9.18 Å². The second kappa shape index (κ2) is 9.56. The first-order valence-electron chi connectivity index (χ1n) is 9.26. The lowest BCUT2D eigenvalue weighted by Gasteiger charge is -2.10. The second-order valence-corrected chi connectivity index (χ2v) is 7.48. The van der Waals surface area contributed by atoms with Crippen molar-refractivity contribution in [1.29, 1.82) is 0 Å². The maximum absolute atomic E-state index is 13.0. The molecule has 3 rings (SSSR count). The van der Waals surface area contributed by atoms with Gasteiger partial charge in [-0.1, -0.05) is 23.9 Å². The van der Waals surface area contributed by atoms with E-state index in [1.807, 2.05) is 43.5 Å². The summed E-state index contributed by atoms with van der Waals surface area (Å²) in [5.74, 6) is 1.02. The topological polar surface area (TPSA) is 69.0 Å². The van der Waals surface area contributed by atoms with Gasteiger partial charge in [0.25, 0.3) is 0 Å². The molecule has 8 heteroatoms. The van der Waals surface area contributed by atoms with E-state index in [4.69, 9.17) is 4.74 Å². The van der Waals surface area contributed by atoms with Crippen molar-refractivity contribution in [2.24, 2.45) is 0 Å². The number of hydrogen-bond acceptors (Lipinski definition) is 5. The second-order valence-electron chi connectivity index (χ2n) is 6.54. The number of benzene rings is 2. The van der Waals surface area contributed by atoms with Gasteiger partial charge in [-0.2, -0.15) is 0 Å². The zero-order valence-corrected chi connectivity index (χ0v) is 17.4. The number of hydrogen-bond donors (Lipinski definition) is 1. The minimum atomic E-state index is -0.313. The summed E-state index contributed by atoms with van der Waals surface area (Å²) in [6.45, 7) is 6.79. The predicted molar refractivity (Wildman–Crippen MR) is 112 cm³/mol. The van der Waals surface area contributed by atoms with E-state index in [-0.39, 0.29) is 24.1 Å². The summed E-state index contributed by atoms with van der Waals surface area (Å²) in [7, 11) is 0. The van der Waals surface area contributed by atoms with Crippen LogP contribution in [0.5, 0.6) is 5.75 Å². The number of rotatable bonds is 8. The van der Waals surface area contributed by atoms with E-state index in [0.717, 1.165) is 16.8 Å². The summed E-state index contributed by atoms with van der Waals surface area (Å²) in [5.41, 5.74) is 2.93. The summed E-state index contributed by atoms with van der Waals surface area (Å²) < 4.78 is 20.5. The van der Waals surface area contributed by atoms with Crippen molar-refractivity contribution in [2.45, 2.75) is 39.1 Å². The molecule has 2 aromatic carbocycles. The molecule has 0 aliphatic rings. The van der Waals surface area contributed by atoms with E-state index in [2.05, 4.69) is 15.5 Å². The summed E-state index contributed by atoms with van der Waals surface area (Å²) >= 11 is 1.33. The minimum absolute atomic E-state index is 0.0986. The molecule has 0 radical (unpaired) electrons. The van der Waals surface area contributed by atoms with Gasteiger partial charge >= 0.3 is 0 Å². The van der Waals surface area contributed by atoms with Crippen LogP contribution in [0.2, 0.25) is 0 Å². The number of thioether (sulfide) groups is 1. The monoisotopic (exact) mass is 414 g/mol. The molecular weight excluding hydrogens is 391 g/mol. The molecule has 0 unspecified atom stereocenters. The SMILES string of the molecule is CCn1c(COc2ccc(F)cc2)nnc1SCC(=O)Nc1cc(C)ccc1C.